The van der Waals surface area contributed by atoms with Crippen molar-refractivity contribution in [3.05, 3.63) is 52.8 Å². The molecule has 30 heavy (non-hydrogen) atoms. The molecule has 0 radical (unpaired) electrons. The molecule has 0 saturated carbocycles. The minimum absolute atomic E-state index is 0.0149. The molecule has 2 aromatic carbocycles. The van der Waals surface area contributed by atoms with Gasteiger partial charge < -0.3 is 9.30 Å². The van der Waals surface area contributed by atoms with Crippen LogP contribution in [-0.2, 0) is 16.6 Å². The zero-order chi connectivity index (χ0) is 21.7. The van der Waals surface area contributed by atoms with Gasteiger partial charge in [0.15, 0.2) is 4.80 Å². The minimum atomic E-state index is -3.85. The van der Waals surface area contributed by atoms with Crippen molar-refractivity contribution in [3.8, 4) is 18.1 Å². The molecule has 0 aliphatic carbocycles. The van der Waals surface area contributed by atoms with E-state index in [9.17, 15) is 13.2 Å². The lowest BCUT2D eigenvalue weighted by Crippen LogP contribution is -2.16. The fourth-order valence-electron chi connectivity index (χ4n) is 2.76. The highest BCUT2D eigenvalue weighted by Crippen LogP contribution is 2.21. The van der Waals surface area contributed by atoms with Crippen LogP contribution in [0.1, 0.15) is 30.1 Å². The van der Waals surface area contributed by atoms with Crippen LogP contribution in [-0.4, -0.2) is 25.5 Å². The van der Waals surface area contributed by atoms with E-state index in [0.717, 1.165) is 12.8 Å². The summed E-state index contributed by atoms with van der Waals surface area (Å²) in [4.78, 5) is 17.3. The first-order chi connectivity index (χ1) is 14.3. The van der Waals surface area contributed by atoms with Crippen molar-refractivity contribution in [3.63, 3.8) is 0 Å². The summed E-state index contributed by atoms with van der Waals surface area (Å²) in [5.41, 5.74) is 1.06. The second-order valence-electron chi connectivity index (χ2n) is 6.50. The quantitative estimate of drug-likeness (QED) is 0.448. The van der Waals surface area contributed by atoms with Crippen LogP contribution in [0.5, 0.6) is 5.75 Å². The van der Waals surface area contributed by atoms with Crippen LogP contribution in [0.3, 0.4) is 0 Å². The fraction of sp³-hybridized carbons (Fsp3) is 0.238. The van der Waals surface area contributed by atoms with Gasteiger partial charge in [-0.1, -0.05) is 36.7 Å². The average molecular weight is 444 g/mol. The number of amides is 1. The standard InChI is InChI=1S/C21H21N3O4S2/c1-3-5-12-28-16-8-6-7-15(13-16)20(25)23-21-24(11-4-2)18-10-9-17(30(22,26)27)14-19(18)29-21/h2,6-10,13-14H,3,5,11-12H2,1H3,(H2,22,26,27). The van der Waals surface area contributed by atoms with E-state index in [2.05, 4.69) is 17.8 Å². The van der Waals surface area contributed by atoms with E-state index in [4.69, 9.17) is 16.3 Å². The van der Waals surface area contributed by atoms with Gasteiger partial charge in [0.25, 0.3) is 5.91 Å². The first kappa shape index (κ1) is 21.8. The average Bonchev–Trinajstić information content (AvgIpc) is 3.04. The minimum Gasteiger partial charge on any atom is -0.494 e. The maximum atomic E-state index is 12.8. The molecular formula is C21H21N3O4S2. The Kier molecular flexibility index (Phi) is 6.72. The molecule has 0 saturated heterocycles. The summed E-state index contributed by atoms with van der Waals surface area (Å²) in [6.45, 7) is 2.84. The Morgan fingerprint density at radius 2 is 2.10 bits per heavy atom. The summed E-state index contributed by atoms with van der Waals surface area (Å²) in [6.07, 6.45) is 7.42. The van der Waals surface area contributed by atoms with Crippen molar-refractivity contribution in [1.82, 2.24) is 4.57 Å². The largest absolute Gasteiger partial charge is 0.494 e. The van der Waals surface area contributed by atoms with Crippen LogP contribution in [0.2, 0.25) is 0 Å². The number of fused-ring (bicyclic) bond motifs is 1. The molecule has 3 aromatic rings. The number of nitrogens with zero attached hydrogens (tertiary/aromatic N) is 2. The predicted octanol–water partition coefficient (Wildman–Crippen LogP) is 2.90. The van der Waals surface area contributed by atoms with E-state index < -0.39 is 15.9 Å². The zero-order valence-electron chi connectivity index (χ0n) is 16.4. The van der Waals surface area contributed by atoms with Gasteiger partial charge in [0.2, 0.25) is 10.0 Å². The first-order valence-electron chi connectivity index (χ1n) is 9.25. The maximum Gasteiger partial charge on any atom is 0.279 e. The van der Waals surface area contributed by atoms with Crippen LogP contribution < -0.4 is 14.7 Å². The number of terminal acetylenes is 1. The molecule has 1 heterocycles. The van der Waals surface area contributed by atoms with Crippen molar-refractivity contribution in [1.29, 1.82) is 0 Å². The molecule has 9 heteroatoms. The van der Waals surface area contributed by atoms with Crippen molar-refractivity contribution in [2.45, 2.75) is 31.2 Å². The van der Waals surface area contributed by atoms with Crippen molar-refractivity contribution >= 4 is 37.5 Å². The number of carbonyl (C=O) groups is 1. The number of rotatable bonds is 7. The summed E-state index contributed by atoms with van der Waals surface area (Å²) < 4.78 is 31.2. The molecule has 1 aromatic heterocycles. The molecule has 0 unspecified atom stereocenters. The number of primary sulfonamides is 1. The van der Waals surface area contributed by atoms with Crippen molar-refractivity contribution in [2.75, 3.05) is 6.61 Å². The van der Waals surface area contributed by atoms with E-state index in [1.807, 2.05) is 0 Å². The van der Waals surface area contributed by atoms with Gasteiger partial charge in [0.1, 0.15) is 5.75 Å². The van der Waals surface area contributed by atoms with Crippen LogP contribution in [0.25, 0.3) is 10.2 Å². The summed E-state index contributed by atoms with van der Waals surface area (Å²) in [7, 11) is -3.85. The molecule has 0 bridgehead atoms. The molecule has 0 spiro atoms. The fourth-order valence-corrected chi connectivity index (χ4v) is 4.45. The number of thiazole rings is 1. The smallest absolute Gasteiger partial charge is 0.279 e. The second kappa shape index (κ2) is 9.26. The Labute approximate surface area is 178 Å². The van der Waals surface area contributed by atoms with E-state index in [-0.39, 0.29) is 11.4 Å². The highest BCUT2D eigenvalue weighted by Gasteiger charge is 2.13. The van der Waals surface area contributed by atoms with Crippen LogP contribution in [0.4, 0.5) is 0 Å². The topological polar surface area (TPSA) is 104 Å². The van der Waals surface area contributed by atoms with Gasteiger partial charge in [0, 0.05) is 5.56 Å². The van der Waals surface area contributed by atoms with Crippen LogP contribution >= 0.6 is 11.3 Å². The summed E-state index contributed by atoms with van der Waals surface area (Å²) in [5, 5.41) is 5.21. The third-order valence-corrected chi connectivity index (χ3v) is 6.23. The summed E-state index contributed by atoms with van der Waals surface area (Å²) in [5.74, 6) is 2.70. The molecular weight excluding hydrogens is 422 g/mol. The van der Waals surface area contributed by atoms with Gasteiger partial charge >= 0.3 is 0 Å². The number of nitrogens with two attached hydrogens (primary N) is 1. The van der Waals surface area contributed by atoms with Gasteiger partial charge in [0.05, 0.1) is 28.3 Å². The lowest BCUT2D eigenvalue weighted by molar-refractivity contribution is 0.0997. The summed E-state index contributed by atoms with van der Waals surface area (Å²) >= 11 is 1.17. The van der Waals surface area contributed by atoms with Gasteiger partial charge in [-0.05, 0) is 42.8 Å². The number of aromatic nitrogens is 1. The number of sulfonamides is 1. The lowest BCUT2D eigenvalue weighted by Gasteiger charge is -2.06. The lowest BCUT2D eigenvalue weighted by atomic mass is 10.2. The van der Waals surface area contributed by atoms with Crippen molar-refractivity contribution in [2.24, 2.45) is 10.1 Å². The molecule has 0 aliphatic heterocycles. The monoisotopic (exact) mass is 443 g/mol. The molecule has 2 N–H and O–H groups in total. The maximum absolute atomic E-state index is 12.8. The third-order valence-electron chi connectivity index (χ3n) is 4.28. The number of benzene rings is 2. The Hall–Kier alpha value is -2.93. The van der Waals surface area contributed by atoms with Crippen LogP contribution in [0, 0.1) is 12.3 Å². The zero-order valence-corrected chi connectivity index (χ0v) is 18.0. The third kappa shape index (κ3) is 4.97. The second-order valence-corrected chi connectivity index (χ2v) is 9.07. The number of hydrogen-bond donors (Lipinski definition) is 1. The van der Waals surface area contributed by atoms with Gasteiger partial charge in [-0.3, -0.25) is 4.79 Å². The number of ether oxygens (including phenoxy) is 1. The van der Waals surface area contributed by atoms with Gasteiger partial charge in [-0.15, -0.1) is 6.42 Å². The van der Waals surface area contributed by atoms with Crippen LogP contribution in [0.15, 0.2) is 52.4 Å². The molecule has 0 aliphatic rings. The van der Waals surface area contributed by atoms with E-state index in [1.54, 1.807) is 34.9 Å². The Morgan fingerprint density at radius 3 is 2.80 bits per heavy atom. The Balaban J connectivity index is 2.02. The first-order valence-corrected chi connectivity index (χ1v) is 11.6. The number of hydrogen-bond acceptors (Lipinski definition) is 5. The normalized spacial score (nSPS) is 12.1. The molecule has 7 nitrogen and oxygen atoms in total. The van der Waals surface area contributed by atoms with Gasteiger partial charge in [-0.25, -0.2) is 13.6 Å². The molecule has 3 rings (SSSR count). The van der Waals surface area contributed by atoms with Crippen molar-refractivity contribution < 1.29 is 17.9 Å². The Bertz CT molecular complexity index is 1300. The van der Waals surface area contributed by atoms with Gasteiger partial charge in [-0.2, -0.15) is 4.99 Å². The summed E-state index contributed by atoms with van der Waals surface area (Å²) in [6, 6.07) is 11.3. The number of unbranched alkanes of at least 4 members (excludes halogenated alkanes) is 1. The molecule has 1 amide bonds. The predicted molar refractivity (Wildman–Crippen MR) is 117 cm³/mol. The highest BCUT2D eigenvalue weighted by molar-refractivity contribution is 7.89. The van der Waals surface area contributed by atoms with E-state index in [0.29, 0.717) is 32.9 Å². The molecule has 0 atom stereocenters. The van der Waals surface area contributed by atoms with E-state index in [1.165, 1.54) is 23.5 Å². The SMILES string of the molecule is C#CCn1c(=NC(=O)c2cccc(OCCCC)c2)sc2cc(S(N)(=O)=O)ccc21. The molecule has 156 valence electrons. The number of carbonyl (C=O) groups excluding carboxylic acids is 1. The Morgan fingerprint density at radius 1 is 1.30 bits per heavy atom. The molecule has 0 fully saturated rings. The van der Waals surface area contributed by atoms with E-state index >= 15 is 0 Å². The highest BCUT2D eigenvalue weighted by atomic mass is 32.2.